The van der Waals surface area contributed by atoms with E-state index in [1.54, 1.807) is 24.3 Å². The summed E-state index contributed by atoms with van der Waals surface area (Å²) in [4.78, 5) is 45.6. The van der Waals surface area contributed by atoms with Crippen LogP contribution in [-0.2, 0) is 9.59 Å². The number of rotatable bonds is 0. The molecule has 6 nitrogen and oxygen atoms in total. The van der Waals surface area contributed by atoms with Crippen LogP contribution in [0.2, 0.25) is 0 Å². The Balaban J connectivity index is 0.000000393. The SMILES string of the molecule is C.C.CN1C(=O)C=CC1=O.CN1C(=O)c2ccccc2C1=O. The van der Waals surface area contributed by atoms with Gasteiger partial charge in [-0.25, -0.2) is 0 Å². The summed E-state index contributed by atoms with van der Waals surface area (Å²) in [5.41, 5.74) is 1.01. The fraction of sp³-hybridized carbons (Fsp3) is 0.250. The van der Waals surface area contributed by atoms with Gasteiger partial charge < -0.3 is 0 Å². The molecule has 0 aliphatic carbocycles. The Morgan fingerprint density at radius 1 is 0.682 bits per heavy atom. The molecular weight excluding hydrogens is 284 g/mol. The van der Waals surface area contributed by atoms with Crippen LogP contribution >= 0.6 is 0 Å². The highest BCUT2D eigenvalue weighted by molar-refractivity contribution is 6.21. The van der Waals surface area contributed by atoms with Gasteiger partial charge in [-0.05, 0) is 12.1 Å². The van der Waals surface area contributed by atoms with Crippen LogP contribution < -0.4 is 0 Å². The third-order valence-electron chi connectivity index (χ3n) is 3.03. The van der Waals surface area contributed by atoms with Crippen molar-refractivity contribution in [3.63, 3.8) is 0 Å². The van der Waals surface area contributed by atoms with E-state index in [4.69, 9.17) is 0 Å². The fourth-order valence-corrected chi connectivity index (χ4v) is 1.78. The molecule has 0 spiro atoms. The third-order valence-corrected chi connectivity index (χ3v) is 3.03. The first-order valence-corrected chi connectivity index (χ1v) is 5.84. The van der Waals surface area contributed by atoms with E-state index < -0.39 is 0 Å². The highest BCUT2D eigenvalue weighted by Gasteiger charge is 2.31. The van der Waals surface area contributed by atoms with Gasteiger partial charge in [-0.3, -0.25) is 29.0 Å². The Bertz CT molecular complexity index is 596. The summed E-state index contributed by atoms with van der Waals surface area (Å²) in [5, 5.41) is 0. The smallest absolute Gasteiger partial charge is 0.261 e. The molecule has 0 radical (unpaired) electrons. The van der Waals surface area contributed by atoms with Crippen molar-refractivity contribution in [3.8, 4) is 0 Å². The van der Waals surface area contributed by atoms with Crippen LogP contribution in [0.15, 0.2) is 36.4 Å². The molecule has 0 N–H and O–H groups in total. The van der Waals surface area contributed by atoms with E-state index in [-0.39, 0.29) is 38.5 Å². The van der Waals surface area contributed by atoms with Crippen molar-refractivity contribution in [1.82, 2.24) is 9.80 Å². The monoisotopic (exact) mass is 304 g/mol. The van der Waals surface area contributed by atoms with Crippen molar-refractivity contribution >= 4 is 23.6 Å². The van der Waals surface area contributed by atoms with Crippen molar-refractivity contribution in [2.75, 3.05) is 14.1 Å². The summed E-state index contributed by atoms with van der Waals surface area (Å²) in [6.07, 6.45) is 2.50. The summed E-state index contributed by atoms with van der Waals surface area (Å²) in [7, 11) is 2.94. The van der Waals surface area contributed by atoms with Crippen LogP contribution in [0.1, 0.15) is 35.6 Å². The predicted molar refractivity (Wildman–Crippen MR) is 83.2 cm³/mol. The van der Waals surface area contributed by atoms with E-state index in [1.165, 1.54) is 26.2 Å². The first kappa shape index (κ1) is 19.2. The molecule has 6 heteroatoms. The molecule has 0 atom stereocenters. The Hall–Kier alpha value is -2.76. The third kappa shape index (κ3) is 3.28. The first-order chi connectivity index (χ1) is 9.43. The second-order valence-corrected chi connectivity index (χ2v) is 4.28. The van der Waals surface area contributed by atoms with Crippen LogP contribution in [0.3, 0.4) is 0 Å². The number of amides is 4. The average Bonchev–Trinajstić information content (AvgIpc) is 2.87. The molecular formula is C16H20N2O4. The predicted octanol–water partition coefficient (Wildman–Crippen LogP) is 1.73. The normalized spacial score (nSPS) is 15.0. The van der Waals surface area contributed by atoms with E-state index in [0.717, 1.165) is 9.80 Å². The van der Waals surface area contributed by atoms with Gasteiger partial charge in [0.2, 0.25) is 0 Å². The van der Waals surface area contributed by atoms with Gasteiger partial charge in [-0.15, -0.1) is 0 Å². The van der Waals surface area contributed by atoms with Gasteiger partial charge in [-0.1, -0.05) is 27.0 Å². The van der Waals surface area contributed by atoms with Crippen molar-refractivity contribution in [2.45, 2.75) is 14.9 Å². The molecule has 0 aromatic heterocycles. The Morgan fingerprint density at radius 2 is 1.05 bits per heavy atom. The molecule has 2 aliphatic heterocycles. The van der Waals surface area contributed by atoms with Gasteiger partial charge >= 0.3 is 0 Å². The number of hydrogen-bond acceptors (Lipinski definition) is 4. The van der Waals surface area contributed by atoms with E-state index in [0.29, 0.717) is 11.1 Å². The van der Waals surface area contributed by atoms with Crippen LogP contribution in [0.25, 0.3) is 0 Å². The lowest BCUT2D eigenvalue weighted by Gasteiger charge is -2.02. The summed E-state index contributed by atoms with van der Waals surface area (Å²) in [6.45, 7) is 0. The minimum atomic E-state index is -0.241. The Morgan fingerprint density at radius 3 is 1.32 bits per heavy atom. The van der Waals surface area contributed by atoms with Crippen LogP contribution in [0, 0.1) is 0 Å². The second kappa shape index (κ2) is 7.31. The summed E-state index contributed by atoms with van der Waals surface area (Å²) in [6, 6.07) is 6.84. The van der Waals surface area contributed by atoms with Crippen molar-refractivity contribution in [3.05, 3.63) is 47.5 Å². The molecule has 0 saturated heterocycles. The molecule has 118 valence electrons. The first-order valence-electron chi connectivity index (χ1n) is 5.84. The molecule has 0 unspecified atom stereocenters. The van der Waals surface area contributed by atoms with Crippen LogP contribution in [-0.4, -0.2) is 47.5 Å². The zero-order valence-electron chi connectivity index (χ0n) is 11.0. The second-order valence-electron chi connectivity index (χ2n) is 4.28. The summed E-state index contributed by atoms with van der Waals surface area (Å²) < 4.78 is 0. The van der Waals surface area contributed by atoms with E-state index in [9.17, 15) is 19.2 Å². The van der Waals surface area contributed by atoms with Gasteiger partial charge in [0.1, 0.15) is 0 Å². The largest absolute Gasteiger partial charge is 0.279 e. The fourth-order valence-electron chi connectivity index (χ4n) is 1.78. The molecule has 0 bridgehead atoms. The zero-order valence-corrected chi connectivity index (χ0v) is 11.0. The zero-order chi connectivity index (χ0) is 14.9. The minimum absolute atomic E-state index is 0. The standard InChI is InChI=1S/C9H7NO2.C5H5NO2.2CH4/c1-10-8(11)6-4-2-3-5-7(6)9(10)12;1-6-4(7)2-3-5(6)8;;/h2-5H,1H3;2-3H,1H3;2*1H4. The number of hydrogen-bond donors (Lipinski definition) is 0. The maximum atomic E-state index is 11.3. The molecule has 0 fully saturated rings. The van der Waals surface area contributed by atoms with E-state index >= 15 is 0 Å². The van der Waals surface area contributed by atoms with Gasteiger partial charge in [-0.2, -0.15) is 0 Å². The molecule has 3 rings (SSSR count). The van der Waals surface area contributed by atoms with Crippen molar-refractivity contribution < 1.29 is 19.2 Å². The highest BCUT2D eigenvalue weighted by atomic mass is 16.2. The van der Waals surface area contributed by atoms with Gasteiger partial charge in [0.25, 0.3) is 23.6 Å². The average molecular weight is 304 g/mol. The lowest BCUT2D eigenvalue weighted by atomic mass is 10.1. The molecule has 0 saturated carbocycles. The number of nitrogens with zero attached hydrogens (tertiary/aromatic N) is 2. The van der Waals surface area contributed by atoms with Gasteiger partial charge in [0.05, 0.1) is 11.1 Å². The number of likely N-dealkylation sites (N-methyl/N-ethyl adjacent to an activating group) is 1. The number of benzene rings is 1. The lowest BCUT2D eigenvalue weighted by Crippen LogP contribution is -2.24. The number of imide groups is 2. The van der Waals surface area contributed by atoms with Crippen LogP contribution in [0.5, 0.6) is 0 Å². The Kier molecular flexibility index (Phi) is 6.39. The molecule has 1 aromatic rings. The van der Waals surface area contributed by atoms with Crippen LogP contribution in [0.4, 0.5) is 0 Å². The quantitative estimate of drug-likeness (QED) is 0.684. The number of fused-ring (bicyclic) bond motifs is 1. The highest BCUT2D eigenvalue weighted by Crippen LogP contribution is 2.20. The number of carbonyl (C=O) groups is 4. The molecule has 2 heterocycles. The summed E-state index contributed by atoms with van der Waals surface area (Å²) >= 11 is 0. The summed E-state index contributed by atoms with van der Waals surface area (Å²) in [5.74, 6) is -0.906. The maximum absolute atomic E-state index is 11.3. The van der Waals surface area contributed by atoms with Crippen molar-refractivity contribution in [1.29, 1.82) is 0 Å². The molecule has 2 aliphatic rings. The minimum Gasteiger partial charge on any atom is -0.279 e. The van der Waals surface area contributed by atoms with Gasteiger partial charge in [0, 0.05) is 26.2 Å². The van der Waals surface area contributed by atoms with E-state index in [2.05, 4.69) is 0 Å². The van der Waals surface area contributed by atoms with E-state index in [1.807, 2.05) is 0 Å². The Labute approximate surface area is 130 Å². The molecule has 22 heavy (non-hydrogen) atoms. The van der Waals surface area contributed by atoms with Crippen molar-refractivity contribution in [2.24, 2.45) is 0 Å². The lowest BCUT2D eigenvalue weighted by molar-refractivity contribution is -0.135. The molecule has 4 amide bonds. The molecule has 1 aromatic carbocycles. The topological polar surface area (TPSA) is 74.8 Å². The maximum Gasteiger partial charge on any atom is 0.261 e. The van der Waals surface area contributed by atoms with Gasteiger partial charge in [0.15, 0.2) is 0 Å². The number of carbonyl (C=O) groups excluding carboxylic acids is 4.